The van der Waals surface area contributed by atoms with Crippen molar-refractivity contribution in [3.05, 3.63) is 29.8 Å². The largest absolute Gasteiger partial charge is 0.349 e. The summed E-state index contributed by atoms with van der Waals surface area (Å²) < 4.78 is 27.1. The first-order valence-corrected chi connectivity index (χ1v) is 11.9. The highest BCUT2D eigenvalue weighted by Crippen LogP contribution is 2.16. The van der Waals surface area contributed by atoms with Crippen molar-refractivity contribution in [2.75, 3.05) is 32.7 Å². The highest BCUT2D eigenvalue weighted by Gasteiger charge is 2.31. The summed E-state index contributed by atoms with van der Waals surface area (Å²) in [5, 5.41) is 3.05. The fraction of sp³-hybridized carbons (Fsp3) is 0.619. The molecule has 1 aliphatic heterocycles. The predicted molar refractivity (Wildman–Crippen MR) is 113 cm³/mol. The van der Waals surface area contributed by atoms with Crippen LogP contribution in [0.3, 0.4) is 0 Å². The molecule has 0 spiro atoms. The van der Waals surface area contributed by atoms with Gasteiger partial charge in [-0.05, 0) is 32.4 Å². The van der Waals surface area contributed by atoms with E-state index in [-0.39, 0.29) is 22.6 Å². The first-order chi connectivity index (χ1) is 13.7. The summed E-state index contributed by atoms with van der Waals surface area (Å²) in [4.78, 5) is 24.9. The van der Waals surface area contributed by atoms with Crippen LogP contribution in [0.5, 0.6) is 0 Å². The van der Waals surface area contributed by atoms with E-state index in [1.807, 2.05) is 6.92 Å². The standard InChI is InChI=1S/C21H33N3O4S/c1-4-5-6-7-17(2)22-21(26)16-23-12-14-24(15-13-23)29(27,28)20-10-8-19(9-11-20)18(3)25/h8-11,17H,4-7,12-16H2,1-3H3,(H,22,26)/p+1/t17-/m0/s1. The fourth-order valence-electron chi connectivity index (χ4n) is 3.56. The average Bonchev–Trinajstić information content (AvgIpc) is 2.68. The summed E-state index contributed by atoms with van der Waals surface area (Å²) in [6.07, 6.45) is 4.45. The molecule has 8 heteroatoms. The lowest BCUT2D eigenvalue weighted by atomic mass is 10.1. The number of piperazine rings is 1. The Bertz CT molecular complexity index is 785. The number of hydrogen-bond donors (Lipinski definition) is 2. The predicted octanol–water partition coefficient (Wildman–Crippen LogP) is 0.863. The third-order valence-electron chi connectivity index (χ3n) is 5.39. The van der Waals surface area contributed by atoms with E-state index in [2.05, 4.69) is 12.2 Å². The van der Waals surface area contributed by atoms with E-state index in [1.54, 1.807) is 12.1 Å². The molecule has 0 radical (unpaired) electrons. The molecule has 0 unspecified atom stereocenters. The minimum atomic E-state index is -3.58. The van der Waals surface area contributed by atoms with Crippen molar-refractivity contribution in [2.45, 2.75) is 57.4 Å². The van der Waals surface area contributed by atoms with Crippen molar-refractivity contribution in [2.24, 2.45) is 0 Å². The number of ketones is 1. The van der Waals surface area contributed by atoms with Crippen LogP contribution in [-0.4, -0.2) is 63.2 Å². The summed E-state index contributed by atoms with van der Waals surface area (Å²) in [5.74, 6) is -0.0655. The van der Waals surface area contributed by atoms with Gasteiger partial charge in [-0.25, -0.2) is 8.42 Å². The molecule has 0 saturated carbocycles. The highest BCUT2D eigenvalue weighted by molar-refractivity contribution is 7.89. The van der Waals surface area contributed by atoms with Crippen molar-refractivity contribution in [1.82, 2.24) is 9.62 Å². The molecule has 1 saturated heterocycles. The van der Waals surface area contributed by atoms with Crippen LogP contribution in [0.25, 0.3) is 0 Å². The second-order valence-corrected chi connectivity index (χ2v) is 9.81. The molecule has 1 fully saturated rings. The molecule has 1 amide bonds. The van der Waals surface area contributed by atoms with Gasteiger partial charge in [0.15, 0.2) is 12.3 Å². The van der Waals surface area contributed by atoms with Crippen LogP contribution in [0, 0.1) is 0 Å². The van der Waals surface area contributed by atoms with Gasteiger partial charge in [0.05, 0.1) is 31.1 Å². The van der Waals surface area contributed by atoms with Gasteiger partial charge in [0.1, 0.15) is 0 Å². The molecule has 2 rings (SSSR count). The summed E-state index contributed by atoms with van der Waals surface area (Å²) >= 11 is 0. The topological polar surface area (TPSA) is 88.0 Å². The fourth-order valence-corrected chi connectivity index (χ4v) is 5.00. The number of unbranched alkanes of at least 4 members (excludes halogenated alkanes) is 2. The summed E-state index contributed by atoms with van der Waals surface area (Å²) in [7, 11) is -3.58. The maximum atomic E-state index is 12.8. The second-order valence-electron chi connectivity index (χ2n) is 7.88. The number of nitrogens with zero attached hydrogens (tertiary/aromatic N) is 1. The highest BCUT2D eigenvalue weighted by atomic mass is 32.2. The molecule has 1 atom stereocenters. The minimum absolute atomic E-state index is 0.0279. The lowest BCUT2D eigenvalue weighted by Gasteiger charge is -2.31. The molecule has 1 heterocycles. The number of sulfonamides is 1. The molecular weight excluding hydrogens is 390 g/mol. The average molecular weight is 425 g/mol. The van der Waals surface area contributed by atoms with E-state index >= 15 is 0 Å². The van der Waals surface area contributed by atoms with Crippen LogP contribution >= 0.6 is 0 Å². The first kappa shape index (κ1) is 23.5. The zero-order valence-electron chi connectivity index (χ0n) is 17.7. The van der Waals surface area contributed by atoms with Crippen molar-refractivity contribution in [3.8, 4) is 0 Å². The number of amides is 1. The van der Waals surface area contributed by atoms with Crippen LogP contribution in [0.2, 0.25) is 0 Å². The number of rotatable bonds is 10. The molecule has 0 bridgehead atoms. The second kappa shape index (κ2) is 10.8. The van der Waals surface area contributed by atoms with Crippen molar-refractivity contribution >= 4 is 21.7 Å². The molecule has 1 aromatic carbocycles. The Labute approximate surface area is 174 Å². The number of carbonyl (C=O) groups is 2. The zero-order valence-corrected chi connectivity index (χ0v) is 18.6. The Balaban J connectivity index is 1.83. The van der Waals surface area contributed by atoms with Gasteiger partial charge in [0.2, 0.25) is 10.0 Å². The molecule has 162 valence electrons. The van der Waals surface area contributed by atoms with Crippen molar-refractivity contribution in [1.29, 1.82) is 0 Å². The lowest BCUT2D eigenvalue weighted by molar-refractivity contribution is -0.895. The number of benzene rings is 1. The van der Waals surface area contributed by atoms with Gasteiger partial charge in [-0.3, -0.25) is 9.59 Å². The number of nitrogens with one attached hydrogen (secondary N) is 2. The van der Waals surface area contributed by atoms with Gasteiger partial charge in [0, 0.05) is 11.6 Å². The van der Waals surface area contributed by atoms with Gasteiger partial charge >= 0.3 is 0 Å². The monoisotopic (exact) mass is 424 g/mol. The molecule has 0 aromatic heterocycles. The van der Waals surface area contributed by atoms with Crippen LogP contribution in [-0.2, 0) is 14.8 Å². The molecular formula is C21H34N3O4S+. The Morgan fingerprint density at radius 1 is 1.14 bits per heavy atom. The Kier molecular flexibility index (Phi) is 8.79. The molecule has 2 N–H and O–H groups in total. The summed E-state index contributed by atoms with van der Waals surface area (Å²) in [6.45, 7) is 7.98. The smallest absolute Gasteiger partial charge is 0.275 e. The quantitative estimate of drug-likeness (QED) is 0.431. The molecule has 0 aliphatic carbocycles. The maximum Gasteiger partial charge on any atom is 0.275 e. The third kappa shape index (κ3) is 6.90. The van der Waals surface area contributed by atoms with E-state index < -0.39 is 10.0 Å². The normalized spacial score (nSPS) is 17.1. The lowest BCUT2D eigenvalue weighted by Crippen LogP contribution is -3.15. The van der Waals surface area contributed by atoms with E-state index in [4.69, 9.17) is 0 Å². The first-order valence-electron chi connectivity index (χ1n) is 10.5. The Morgan fingerprint density at radius 2 is 1.76 bits per heavy atom. The van der Waals surface area contributed by atoms with Gasteiger partial charge < -0.3 is 10.2 Å². The molecule has 7 nitrogen and oxygen atoms in total. The SMILES string of the molecule is CCCCC[C@H](C)NC(=O)C[NH+]1CCN(S(=O)(=O)c2ccc(C(C)=O)cc2)CC1. The Morgan fingerprint density at radius 3 is 2.31 bits per heavy atom. The third-order valence-corrected chi connectivity index (χ3v) is 7.30. The van der Waals surface area contributed by atoms with E-state index in [0.29, 0.717) is 38.3 Å². The number of Topliss-reactive ketones (excluding diaryl/α,β-unsaturated/α-hetero) is 1. The van der Waals surface area contributed by atoms with Gasteiger partial charge in [-0.2, -0.15) is 4.31 Å². The Hall–Kier alpha value is -1.77. The minimum Gasteiger partial charge on any atom is -0.349 e. The number of carbonyl (C=O) groups excluding carboxylic acids is 2. The molecule has 1 aromatic rings. The number of quaternary nitrogens is 1. The van der Waals surface area contributed by atoms with Crippen molar-refractivity contribution in [3.63, 3.8) is 0 Å². The number of hydrogen-bond acceptors (Lipinski definition) is 4. The van der Waals surface area contributed by atoms with Crippen LogP contribution < -0.4 is 10.2 Å². The maximum absolute atomic E-state index is 12.8. The molecule has 1 aliphatic rings. The van der Waals surface area contributed by atoms with Crippen LogP contribution in [0.1, 0.15) is 56.8 Å². The van der Waals surface area contributed by atoms with Gasteiger partial charge in [-0.15, -0.1) is 0 Å². The van der Waals surface area contributed by atoms with Gasteiger partial charge in [-0.1, -0.05) is 38.3 Å². The van der Waals surface area contributed by atoms with Crippen LogP contribution in [0.15, 0.2) is 29.2 Å². The van der Waals surface area contributed by atoms with E-state index in [1.165, 1.54) is 36.2 Å². The van der Waals surface area contributed by atoms with Crippen LogP contribution in [0.4, 0.5) is 0 Å². The van der Waals surface area contributed by atoms with E-state index in [9.17, 15) is 18.0 Å². The molecule has 29 heavy (non-hydrogen) atoms. The van der Waals surface area contributed by atoms with Crippen molar-refractivity contribution < 1.29 is 22.9 Å². The summed E-state index contributed by atoms with van der Waals surface area (Å²) in [6, 6.07) is 6.23. The summed E-state index contributed by atoms with van der Waals surface area (Å²) in [5.41, 5.74) is 0.494. The van der Waals surface area contributed by atoms with Gasteiger partial charge in [0.25, 0.3) is 5.91 Å². The van der Waals surface area contributed by atoms with E-state index in [0.717, 1.165) is 17.7 Å². The zero-order chi connectivity index (χ0) is 21.4.